The molecule has 0 spiro atoms. The van der Waals surface area contributed by atoms with Gasteiger partial charge in [0, 0.05) is 40.8 Å². The van der Waals surface area contributed by atoms with Gasteiger partial charge in [0.15, 0.2) is 0 Å². The second kappa shape index (κ2) is 5.18. The van der Waals surface area contributed by atoms with Gasteiger partial charge < -0.3 is 4.90 Å². The first-order valence-corrected chi connectivity index (χ1v) is 7.40. The highest BCUT2D eigenvalue weighted by molar-refractivity contribution is 6.31. The molecule has 0 bridgehead atoms. The number of halogens is 2. The molecule has 0 radical (unpaired) electrons. The highest BCUT2D eigenvalue weighted by atomic mass is 35.5. The Morgan fingerprint density at radius 2 is 2.16 bits per heavy atom. The van der Waals surface area contributed by atoms with Crippen LogP contribution in [0, 0.1) is 5.92 Å². The van der Waals surface area contributed by atoms with Crippen LogP contribution in [0.3, 0.4) is 0 Å². The lowest BCUT2D eigenvalue weighted by Crippen LogP contribution is -2.40. The number of rotatable bonds is 1. The number of piperidine rings is 1. The molecule has 4 heteroatoms. The molecule has 1 aromatic heterocycles. The summed E-state index contributed by atoms with van der Waals surface area (Å²) in [5, 5.41) is 2.18. The Labute approximate surface area is 123 Å². The number of hydrogen-bond donors (Lipinski definition) is 0. The van der Waals surface area contributed by atoms with Crippen LogP contribution in [-0.2, 0) is 0 Å². The third-order valence-corrected chi connectivity index (χ3v) is 4.71. The number of nitrogens with zero attached hydrogens (tertiary/aromatic N) is 2. The van der Waals surface area contributed by atoms with E-state index in [4.69, 9.17) is 23.2 Å². The normalized spacial score (nSPS) is 23.8. The summed E-state index contributed by atoms with van der Waals surface area (Å²) in [7, 11) is 0. The number of aromatic nitrogens is 1. The van der Waals surface area contributed by atoms with Crippen LogP contribution in [0.15, 0.2) is 30.5 Å². The van der Waals surface area contributed by atoms with Gasteiger partial charge in [-0.1, -0.05) is 18.5 Å². The number of benzene rings is 1. The summed E-state index contributed by atoms with van der Waals surface area (Å²) in [6.45, 7) is 4.21. The molecule has 0 amide bonds. The van der Waals surface area contributed by atoms with Gasteiger partial charge in [-0.3, -0.25) is 4.98 Å². The molecule has 100 valence electrons. The lowest BCUT2D eigenvalue weighted by atomic mass is 9.98. The zero-order valence-electron chi connectivity index (χ0n) is 10.8. The molecular weight excluding hydrogens is 279 g/mol. The molecular formula is C15H16Cl2N2. The molecule has 3 rings (SSSR count). The molecule has 1 aliphatic heterocycles. The van der Waals surface area contributed by atoms with E-state index in [2.05, 4.69) is 28.9 Å². The van der Waals surface area contributed by atoms with Gasteiger partial charge in [0.1, 0.15) is 0 Å². The smallest absolute Gasteiger partial charge is 0.0737 e. The summed E-state index contributed by atoms with van der Waals surface area (Å²) in [6.07, 6.45) is 2.88. The van der Waals surface area contributed by atoms with E-state index in [0.29, 0.717) is 11.3 Å². The maximum Gasteiger partial charge on any atom is 0.0737 e. The molecule has 1 fully saturated rings. The van der Waals surface area contributed by atoms with E-state index in [0.717, 1.165) is 35.4 Å². The van der Waals surface area contributed by atoms with E-state index in [1.807, 2.05) is 18.3 Å². The number of fused-ring (bicyclic) bond motifs is 1. The first-order valence-electron chi connectivity index (χ1n) is 6.58. The van der Waals surface area contributed by atoms with Gasteiger partial charge in [-0.2, -0.15) is 0 Å². The number of pyridine rings is 1. The first-order chi connectivity index (χ1) is 9.15. The van der Waals surface area contributed by atoms with Crippen molar-refractivity contribution in [1.82, 2.24) is 4.98 Å². The summed E-state index contributed by atoms with van der Waals surface area (Å²) < 4.78 is 0. The van der Waals surface area contributed by atoms with E-state index < -0.39 is 0 Å². The van der Waals surface area contributed by atoms with Crippen molar-refractivity contribution in [2.24, 2.45) is 5.92 Å². The SMILES string of the molecule is CC1CN(c2ccnc3cc(Cl)ccc23)CCC1Cl. The van der Waals surface area contributed by atoms with Crippen molar-refractivity contribution in [1.29, 1.82) is 0 Å². The van der Waals surface area contributed by atoms with E-state index in [1.165, 1.54) is 5.69 Å². The Bertz CT molecular complexity index is 600. The molecule has 1 aromatic carbocycles. The van der Waals surface area contributed by atoms with Crippen LogP contribution in [0.2, 0.25) is 5.02 Å². The van der Waals surface area contributed by atoms with Crippen molar-refractivity contribution in [2.45, 2.75) is 18.7 Å². The van der Waals surface area contributed by atoms with Crippen LogP contribution in [-0.4, -0.2) is 23.5 Å². The fourth-order valence-corrected chi connectivity index (χ4v) is 3.06. The van der Waals surface area contributed by atoms with Crippen LogP contribution < -0.4 is 4.90 Å². The quantitative estimate of drug-likeness (QED) is 0.727. The zero-order valence-corrected chi connectivity index (χ0v) is 12.3. The Balaban J connectivity index is 2.01. The molecule has 2 aromatic rings. The van der Waals surface area contributed by atoms with E-state index in [-0.39, 0.29) is 0 Å². The van der Waals surface area contributed by atoms with Crippen LogP contribution in [0.5, 0.6) is 0 Å². The predicted octanol–water partition coefficient (Wildman–Crippen LogP) is 4.34. The van der Waals surface area contributed by atoms with Gasteiger partial charge in [0.05, 0.1) is 5.52 Å². The van der Waals surface area contributed by atoms with Crippen molar-refractivity contribution in [3.8, 4) is 0 Å². The Kier molecular flexibility index (Phi) is 3.55. The molecule has 2 atom stereocenters. The fourth-order valence-electron chi connectivity index (χ4n) is 2.72. The molecule has 2 heterocycles. The summed E-state index contributed by atoms with van der Waals surface area (Å²) in [5.41, 5.74) is 2.18. The summed E-state index contributed by atoms with van der Waals surface area (Å²) in [6, 6.07) is 7.97. The first kappa shape index (κ1) is 13.0. The second-order valence-electron chi connectivity index (χ2n) is 5.22. The molecule has 1 saturated heterocycles. The summed E-state index contributed by atoms with van der Waals surface area (Å²) in [4.78, 5) is 6.80. The molecule has 0 N–H and O–H groups in total. The van der Waals surface area contributed by atoms with Gasteiger partial charge >= 0.3 is 0 Å². The predicted molar refractivity (Wildman–Crippen MR) is 82.4 cm³/mol. The molecule has 0 saturated carbocycles. The van der Waals surface area contributed by atoms with Gasteiger partial charge in [-0.05, 0) is 36.6 Å². The largest absolute Gasteiger partial charge is 0.371 e. The zero-order chi connectivity index (χ0) is 13.4. The fraction of sp³-hybridized carbons (Fsp3) is 0.400. The minimum Gasteiger partial charge on any atom is -0.371 e. The Morgan fingerprint density at radius 1 is 1.32 bits per heavy atom. The van der Waals surface area contributed by atoms with Gasteiger partial charge in [-0.15, -0.1) is 11.6 Å². The Hall–Kier alpha value is -0.990. The summed E-state index contributed by atoms with van der Waals surface area (Å²) >= 11 is 12.3. The van der Waals surface area contributed by atoms with Crippen molar-refractivity contribution < 1.29 is 0 Å². The standard InChI is InChI=1S/C15H16Cl2N2/c1-10-9-19(7-5-13(10)17)15-4-6-18-14-8-11(16)2-3-12(14)15/h2-4,6,8,10,13H,5,7,9H2,1H3. The van der Waals surface area contributed by atoms with Crippen LogP contribution in [0.25, 0.3) is 10.9 Å². The molecule has 2 nitrogen and oxygen atoms in total. The molecule has 1 aliphatic rings. The monoisotopic (exact) mass is 294 g/mol. The summed E-state index contributed by atoms with van der Waals surface area (Å²) in [5.74, 6) is 0.505. The third kappa shape index (κ3) is 2.52. The van der Waals surface area contributed by atoms with E-state index in [1.54, 1.807) is 0 Å². The van der Waals surface area contributed by atoms with Crippen molar-refractivity contribution in [3.63, 3.8) is 0 Å². The Morgan fingerprint density at radius 3 is 2.95 bits per heavy atom. The number of anilines is 1. The maximum absolute atomic E-state index is 6.30. The van der Waals surface area contributed by atoms with E-state index >= 15 is 0 Å². The van der Waals surface area contributed by atoms with Gasteiger partial charge in [0.2, 0.25) is 0 Å². The maximum atomic E-state index is 6.30. The number of alkyl halides is 1. The highest BCUT2D eigenvalue weighted by Crippen LogP contribution is 2.31. The second-order valence-corrected chi connectivity index (χ2v) is 6.22. The van der Waals surface area contributed by atoms with Crippen molar-refractivity contribution >= 4 is 39.8 Å². The number of hydrogen-bond acceptors (Lipinski definition) is 2. The third-order valence-electron chi connectivity index (χ3n) is 3.82. The average molecular weight is 295 g/mol. The minimum absolute atomic E-state index is 0.291. The van der Waals surface area contributed by atoms with Gasteiger partial charge in [-0.25, -0.2) is 0 Å². The van der Waals surface area contributed by atoms with E-state index in [9.17, 15) is 0 Å². The highest BCUT2D eigenvalue weighted by Gasteiger charge is 2.25. The molecule has 19 heavy (non-hydrogen) atoms. The average Bonchev–Trinajstić information content (AvgIpc) is 2.41. The van der Waals surface area contributed by atoms with Crippen molar-refractivity contribution in [2.75, 3.05) is 18.0 Å². The lowest BCUT2D eigenvalue weighted by molar-refractivity contribution is 0.455. The van der Waals surface area contributed by atoms with Crippen LogP contribution >= 0.6 is 23.2 Å². The molecule has 2 unspecified atom stereocenters. The topological polar surface area (TPSA) is 16.1 Å². The van der Waals surface area contributed by atoms with Crippen LogP contribution in [0.4, 0.5) is 5.69 Å². The minimum atomic E-state index is 0.291. The van der Waals surface area contributed by atoms with Crippen molar-refractivity contribution in [3.05, 3.63) is 35.5 Å². The molecule has 0 aliphatic carbocycles. The van der Waals surface area contributed by atoms with Gasteiger partial charge in [0.25, 0.3) is 0 Å². The van der Waals surface area contributed by atoms with Crippen LogP contribution in [0.1, 0.15) is 13.3 Å². The lowest BCUT2D eigenvalue weighted by Gasteiger charge is -2.36.